The lowest BCUT2D eigenvalue weighted by Crippen LogP contribution is -2.20. The van der Waals surface area contributed by atoms with Crippen LogP contribution in [0.3, 0.4) is 0 Å². The van der Waals surface area contributed by atoms with Crippen molar-refractivity contribution >= 4 is 11.6 Å². The SMILES string of the molecule is COC(CCl)Oc1ccccc1O. The van der Waals surface area contributed by atoms with Crippen molar-refractivity contribution in [3.63, 3.8) is 0 Å². The van der Waals surface area contributed by atoms with Gasteiger partial charge in [0, 0.05) is 7.11 Å². The van der Waals surface area contributed by atoms with Crippen molar-refractivity contribution in [2.45, 2.75) is 6.29 Å². The van der Waals surface area contributed by atoms with Crippen LogP contribution in [0.15, 0.2) is 24.3 Å². The van der Waals surface area contributed by atoms with E-state index in [4.69, 9.17) is 21.1 Å². The van der Waals surface area contributed by atoms with Crippen LogP contribution in [0.5, 0.6) is 11.5 Å². The molecule has 3 nitrogen and oxygen atoms in total. The fraction of sp³-hybridized carbons (Fsp3) is 0.333. The maximum absolute atomic E-state index is 9.33. The fourth-order valence-electron chi connectivity index (χ4n) is 0.841. The van der Waals surface area contributed by atoms with Gasteiger partial charge in [0.05, 0.1) is 5.88 Å². The van der Waals surface area contributed by atoms with Gasteiger partial charge < -0.3 is 14.6 Å². The van der Waals surface area contributed by atoms with E-state index in [-0.39, 0.29) is 11.6 Å². The lowest BCUT2D eigenvalue weighted by molar-refractivity contribution is -0.0368. The van der Waals surface area contributed by atoms with E-state index in [0.29, 0.717) is 5.75 Å². The summed E-state index contributed by atoms with van der Waals surface area (Å²) in [5.41, 5.74) is 0. The molecule has 1 atom stereocenters. The first-order valence-electron chi connectivity index (χ1n) is 3.81. The maximum Gasteiger partial charge on any atom is 0.213 e. The van der Waals surface area contributed by atoms with Crippen LogP contribution in [-0.2, 0) is 4.74 Å². The molecule has 0 aliphatic heterocycles. The summed E-state index contributed by atoms with van der Waals surface area (Å²) >= 11 is 5.54. The van der Waals surface area contributed by atoms with Gasteiger partial charge in [-0.05, 0) is 12.1 Å². The molecule has 0 aliphatic rings. The summed E-state index contributed by atoms with van der Waals surface area (Å²) < 4.78 is 10.1. The highest BCUT2D eigenvalue weighted by molar-refractivity contribution is 6.18. The molecule has 13 heavy (non-hydrogen) atoms. The number of hydrogen-bond acceptors (Lipinski definition) is 3. The van der Waals surface area contributed by atoms with Crippen molar-refractivity contribution < 1.29 is 14.6 Å². The molecule has 0 aliphatic carbocycles. The molecule has 0 radical (unpaired) electrons. The summed E-state index contributed by atoms with van der Waals surface area (Å²) in [5, 5.41) is 9.33. The molecule has 1 unspecified atom stereocenters. The Hall–Kier alpha value is -0.930. The third-order valence-corrected chi connectivity index (χ3v) is 1.76. The highest BCUT2D eigenvalue weighted by Crippen LogP contribution is 2.25. The van der Waals surface area contributed by atoms with E-state index < -0.39 is 6.29 Å². The second-order valence-electron chi connectivity index (χ2n) is 2.41. The highest BCUT2D eigenvalue weighted by Gasteiger charge is 2.09. The molecule has 0 heterocycles. The smallest absolute Gasteiger partial charge is 0.213 e. The molecule has 0 aromatic heterocycles. The number of aromatic hydroxyl groups is 1. The van der Waals surface area contributed by atoms with Crippen LogP contribution in [0.4, 0.5) is 0 Å². The molecular formula is C9H11ClO3. The minimum Gasteiger partial charge on any atom is -0.504 e. The van der Waals surface area contributed by atoms with Crippen LogP contribution < -0.4 is 4.74 Å². The molecule has 4 heteroatoms. The van der Waals surface area contributed by atoms with Crippen LogP contribution >= 0.6 is 11.6 Å². The van der Waals surface area contributed by atoms with Crippen LogP contribution in [0, 0.1) is 0 Å². The summed E-state index contributed by atoms with van der Waals surface area (Å²) in [6.45, 7) is 0. The number of halogens is 1. The Bertz CT molecular complexity index is 261. The van der Waals surface area contributed by atoms with Gasteiger partial charge >= 0.3 is 0 Å². The predicted molar refractivity (Wildman–Crippen MR) is 50.3 cm³/mol. The molecule has 72 valence electrons. The van der Waals surface area contributed by atoms with Crippen LogP contribution in [0.2, 0.25) is 0 Å². The first kappa shape index (κ1) is 10.2. The van der Waals surface area contributed by atoms with Crippen molar-refractivity contribution in [2.75, 3.05) is 13.0 Å². The summed E-state index contributed by atoms with van der Waals surface area (Å²) in [5.74, 6) is 0.662. The molecule has 0 amide bonds. The van der Waals surface area contributed by atoms with Gasteiger partial charge in [0.15, 0.2) is 11.5 Å². The summed E-state index contributed by atoms with van der Waals surface area (Å²) in [6.07, 6.45) is -0.532. The number of rotatable bonds is 4. The van der Waals surface area contributed by atoms with Crippen molar-refractivity contribution in [1.82, 2.24) is 0 Å². The number of methoxy groups -OCH3 is 1. The number of phenols is 1. The number of hydrogen-bond donors (Lipinski definition) is 1. The largest absolute Gasteiger partial charge is 0.504 e. The Labute approximate surface area is 81.9 Å². The third-order valence-electron chi connectivity index (χ3n) is 1.51. The van der Waals surface area contributed by atoms with Crippen LogP contribution in [-0.4, -0.2) is 24.4 Å². The number of phenolic OH excluding ortho intramolecular Hbond substituents is 1. The molecule has 1 aromatic carbocycles. The molecule has 1 rings (SSSR count). The van der Waals surface area contributed by atoms with Crippen molar-refractivity contribution in [3.8, 4) is 11.5 Å². The van der Waals surface area contributed by atoms with Gasteiger partial charge in [0.25, 0.3) is 0 Å². The standard InChI is InChI=1S/C9H11ClO3/c1-12-9(6-10)13-8-5-3-2-4-7(8)11/h2-5,9,11H,6H2,1H3. The zero-order valence-electron chi connectivity index (χ0n) is 7.24. The Morgan fingerprint density at radius 3 is 2.69 bits per heavy atom. The average molecular weight is 203 g/mol. The van der Waals surface area contributed by atoms with Gasteiger partial charge in [-0.15, -0.1) is 11.6 Å². The molecule has 0 fully saturated rings. The van der Waals surface area contributed by atoms with Crippen LogP contribution in [0.25, 0.3) is 0 Å². The van der Waals surface area contributed by atoms with Gasteiger partial charge in [-0.3, -0.25) is 0 Å². The number of alkyl halides is 1. The van der Waals surface area contributed by atoms with E-state index in [1.54, 1.807) is 18.2 Å². The number of ether oxygens (including phenoxy) is 2. The second-order valence-corrected chi connectivity index (χ2v) is 2.71. The van der Waals surface area contributed by atoms with Gasteiger partial charge in [-0.1, -0.05) is 12.1 Å². The maximum atomic E-state index is 9.33. The lowest BCUT2D eigenvalue weighted by atomic mass is 10.3. The molecular weight excluding hydrogens is 192 g/mol. The Kier molecular flexibility index (Phi) is 3.86. The zero-order valence-corrected chi connectivity index (χ0v) is 7.99. The first-order chi connectivity index (χ1) is 6.27. The van der Waals surface area contributed by atoms with Gasteiger partial charge in [0.2, 0.25) is 6.29 Å². The number of benzene rings is 1. The topological polar surface area (TPSA) is 38.7 Å². The number of para-hydroxylation sites is 2. The van der Waals surface area contributed by atoms with Gasteiger partial charge in [-0.2, -0.15) is 0 Å². The molecule has 1 N–H and O–H groups in total. The Morgan fingerprint density at radius 1 is 1.46 bits per heavy atom. The molecule has 0 bridgehead atoms. The van der Waals surface area contributed by atoms with E-state index in [9.17, 15) is 5.11 Å². The normalized spacial score (nSPS) is 12.5. The highest BCUT2D eigenvalue weighted by atomic mass is 35.5. The predicted octanol–water partition coefficient (Wildman–Crippen LogP) is 1.98. The Morgan fingerprint density at radius 2 is 2.15 bits per heavy atom. The Balaban J connectivity index is 2.67. The third kappa shape index (κ3) is 2.79. The van der Waals surface area contributed by atoms with Crippen molar-refractivity contribution in [2.24, 2.45) is 0 Å². The fourth-order valence-corrected chi connectivity index (χ4v) is 1.03. The van der Waals surface area contributed by atoms with E-state index in [1.165, 1.54) is 13.2 Å². The van der Waals surface area contributed by atoms with Gasteiger partial charge in [0.1, 0.15) is 0 Å². The zero-order chi connectivity index (χ0) is 9.68. The summed E-state index contributed by atoms with van der Waals surface area (Å²) in [7, 11) is 1.49. The lowest BCUT2D eigenvalue weighted by Gasteiger charge is -2.15. The second kappa shape index (κ2) is 4.94. The van der Waals surface area contributed by atoms with E-state index in [0.717, 1.165) is 0 Å². The molecule has 1 aromatic rings. The quantitative estimate of drug-likeness (QED) is 0.600. The molecule has 0 saturated carbocycles. The van der Waals surface area contributed by atoms with Crippen LogP contribution in [0.1, 0.15) is 0 Å². The first-order valence-corrected chi connectivity index (χ1v) is 4.34. The molecule has 0 saturated heterocycles. The minimum absolute atomic E-state index is 0.0784. The summed E-state index contributed by atoms with van der Waals surface area (Å²) in [6, 6.07) is 6.66. The van der Waals surface area contributed by atoms with Gasteiger partial charge in [-0.25, -0.2) is 0 Å². The van der Waals surface area contributed by atoms with Crippen molar-refractivity contribution in [1.29, 1.82) is 0 Å². The van der Waals surface area contributed by atoms with E-state index in [2.05, 4.69) is 0 Å². The molecule has 0 spiro atoms. The monoisotopic (exact) mass is 202 g/mol. The minimum atomic E-state index is -0.532. The average Bonchev–Trinajstić information content (AvgIpc) is 2.17. The van der Waals surface area contributed by atoms with E-state index >= 15 is 0 Å². The van der Waals surface area contributed by atoms with E-state index in [1.807, 2.05) is 0 Å². The van der Waals surface area contributed by atoms with Crippen molar-refractivity contribution in [3.05, 3.63) is 24.3 Å². The summed E-state index contributed by atoms with van der Waals surface area (Å²) in [4.78, 5) is 0.